The van der Waals surface area contributed by atoms with Crippen molar-refractivity contribution in [2.24, 2.45) is 0 Å². The highest BCUT2D eigenvalue weighted by molar-refractivity contribution is 8.13. The maximum Gasteiger partial charge on any atom is 0.280 e. The van der Waals surface area contributed by atoms with Crippen LogP contribution in [0, 0.1) is 0 Å². The van der Waals surface area contributed by atoms with E-state index in [1.54, 1.807) is 0 Å². The Kier molecular flexibility index (Phi) is 3.54. The van der Waals surface area contributed by atoms with Gasteiger partial charge in [-0.25, -0.2) is 22.2 Å². The molecule has 0 radical (unpaired) electrons. The molecule has 5 nitrogen and oxygen atoms in total. The van der Waals surface area contributed by atoms with Crippen LogP contribution < -0.4 is 4.74 Å². The first-order valence-corrected chi connectivity index (χ1v) is 6.09. The number of nitrogens with zero attached hydrogens (tertiary/aromatic N) is 1. The van der Waals surface area contributed by atoms with E-state index in [1.165, 1.54) is 0 Å². The van der Waals surface area contributed by atoms with E-state index in [-0.39, 0.29) is 0 Å². The molecular formula is C7H6ClF2NO4S. The molecule has 0 aliphatic carbocycles. The fourth-order valence-corrected chi connectivity index (χ4v) is 1.88. The largest absolute Gasteiger partial charge is 0.502 e. The van der Waals surface area contributed by atoms with Crippen molar-refractivity contribution in [3.05, 3.63) is 11.8 Å². The Balaban J connectivity index is 3.55. The standard InChI is InChI=1S/C7H6ClF2NO4S/c1-15-7-5(12)4(16(8,13)14)2-3(11-7)6(9)10/h2,6,12H,1H3. The predicted molar refractivity (Wildman–Crippen MR) is 50.4 cm³/mol. The minimum Gasteiger partial charge on any atom is -0.502 e. The highest BCUT2D eigenvalue weighted by atomic mass is 35.7. The van der Waals surface area contributed by atoms with Gasteiger partial charge in [-0.3, -0.25) is 0 Å². The Hall–Kier alpha value is -1.15. The van der Waals surface area contributed by atoms with Crippen LogP contribution in [0.1, 0.15) is 12.1 Å². The van der Waals surface area contributed by atoms with E-state index in [1.807, 2.05) is 0 Å². The quantitative estimate of drug-likeness (QED) is 0.848. The molecule has 9 heteroatoms. The van der Waals surface area contributed by atoms with E-state index in [4.69, 9.17) is 10.7 Å². The maximum atomic E-state index is 12.3. The monoisotopic (exact) mass is 273 g/mol. The van der Waals surface area contributed by atoms with Crippen LogP contribution in [0.2, 0.25) is 0 Å². The molecule has 0 aromatic carbocycles. The highest BCUT2D eigenvalue weighted by Crippen LogP contribution is 2.35. The van der Waals surface area contributed by atoms with Gasteiger partial charge < -0.3 is 9.84 Å². The van der Waals surface area contributed by atoms with Crippen LogP contribution in [0.4, 0.5) is 8.78 Å². The molecule has 0 unspecified atom stereocenters. The lowest BCUT2D eigenvalue weighted by Crippen LogP contribution is -2.01. The van der Waals surface area contributed by atoms with Crippen molar-refractivity contribution in [2.45, 2.75) is 11.3 Å². The summed E-state index contributed by atoms with van der Waals surface area (Å²) in [6.45, 7) is 0. The fourth-order valence-electron chi connectivity index (χ4n) is 0.951. The lowest BCUT2D eigenvalue weighted by atomic mass is 10.3. The van der Waals surface area contributed by atoms with Crippen molar-refractivity contribution in [1.29, 1.82) is 0 Å². The lowest BCUT2D eigenvalue weighted by molar-refractivity contribution is 0.144. The summed E-state index contributed by atoms with van der Waals surface area (Å²) in [5.41, 5.74) is -0.853. The number of hydrogen-bond donors (Lipinski definition) is 1. The number of hydrogen-bond acceptors (Lipinski definition) is 5. The van der Waals surface area contributed by atoms with Gasteiger partial charge in [0.1, 0.15) is 10.6 Å². The number of pyridine rings is 1. The van der Waals surface area contributed by atoms with Gasteiger partial charge in [0.15, 0.2) is 5.75 Å². The fraction of sp³-hybridized carbons (Fsp3) is 0.286. The summed E-state index contributed by atoms with van der Waals surface area (Å²) < 4.78 is 51.1. The molecule has 16 heavy (non-hydrogen) atoms. The normalized spacial score (nSPS) is 11.8. The Morgan fingerprint density at radius 2 is 2.12 bits per heavy atom. The molecule has 1 rings (SSSR count). The summed E-state index contributed by atoms with van der Waals surface area (Å²) in [6, 6.07) is 0.491. The van der Waals surface area contributed by atoms with Crippen molar-refractivity contribution in [2.75, 3.05) is 7.11 Å². The van der Waals surface area contributed by atoms with Crippen LogP contribution in [0.3, 0.4) is 0 Å². The van der Waals surface area contributed by atoms with E-state index < -0.39 is 37.7 Å². The zero-order valence-electron chi connectivity index (χ0n) is 7.82. The summed E-state index contributed by atoms with van der Waals surface area (Å²) in [5, 5.41) is 9.33. The Morgan fingerprint density at radius 1 is 1.56 bits per heavy atom. The third-order valence-electron chi connectivity index (χ3n) is 1.63. The van der Waals surface area contributed by atoms with Crippen molar-refractivity contribution in [3.8, 4) is 11.6 Å². The first-order valence-electron chi connectivity index (χ1n) is 3.78. The van der Waals surface area contributed by atoms with Crippen molar-refractivity contribution in [3.63, 3.8) is 0 Å². The number of halogens is 3. The molecule has 0 fully saturated rings. The third kappa shape index (κ3) is 2.50. The molecule has 90 valence electrons. The Labute approximate surface area is 94.1 Å². The second kappa shape index (κ2) is 4.38. The molecule has 0 saturated heterocycles. The van der Waals surface area contributed by atoms with Crippen LogP contribution in [0.15, 0.2) is 11.0 Å². The first-order chi connectivity index (χ1) is 7.27. The Bertz CT molecular complexity index is 505. The van der Waals surface area contributed by atoms with Gasteiger partial charge in [-0.2, -0.15) is 0 Å². The molecular weight excluding hydrogens is 268 g/mol. The van der Waals surface area contributed by atoms with Gasteiger partial charge in [-0.1, -0.05) is 0 Å². The van der Waals surface area contributed by atoms with E-state index in [0.29, 0.717) is 6.07 Å². The van der Waals surface area contributed by atoms with Crippen LogP contribution in [0.25, 0.3) is 0 Å². The molecule has 0 aliphatic rings. The second-order valence-corrected chi connectivity index (χ2v) is 5.18. The molecule has 1 aromatic heterocycles. The van der Waals surface area contributed by atoms with E-state index >= 15 is 0 Å². The van der Waals surface area contributed by atoms with Crippen LogP contribution in [0.5, 0.6) is 11.6 Å². The third-order valence-corrected chi connectivity index (χ3v) is 2.96. The lowest BCUT2D eigenvalue weighted by Gasteiger charge is -2.08. The van der Waals surface area contributed by atoms with Crippen LogP contribution in [-0.2, 0) is 9.05 Å². The van der Waals surface area contributed by atoms with Gasteiger partial charge in [0.05, 0.1) is 7.11 Å². The molecule has 1 heterocycles. The average molecular weight is 274 g/mol. The highest BCUT2D eigenvalue weighted by Gasteiger charge is 2.24. The molecule has 0 amide bonds. The number of methoxy groups -OCH3 is 1. The molecule has 0 saturated carbocycles. The summed E-state index contributed by atoms with van der Waals surface area (Å²) in [6.07, 6.45) is -3.01. The molecule has 0 bridgehead atoms. The summed E-state index contributed by atoms with van der Waals surface area (Å²) in [7, 11) is 1.64. The van der Waals surface area contributed by atoms with Crippen molar-refractivity contribution >= 4 is 19.7 Å². The van der Waals surface area contributed by atoms with Crippen LogP contribution >= 0.6 is 10.7 Å². The first kappa shape index (κ1) is 12.9. The number of aromatic hydroxyl groups is 1. The topological polar surface area (TPSA) is 76.5 Å². The van der Waals surface area contributed by atoms with E-state index in [0.717, 1.165) is 7.11 Å². The van der Waals surface area contributed by atoms with Crippen molar-refractivity contribution < 1.29 is 27.0 Å². The van der Waals surface area contributed by atoms with E-state index in [2.05, 4.69) is 9.72 Å². The van der Waals surface area contributed by atoms with Gasteiger partial charge in [0.25, 0.3) is 21.4 Å². The zero-order chi connectivity index (χ0) is 12.5. The molecule has 1 N–H and O–H groups in total. The second-order valence-electron chi connectivity index (χ2n) is 2.64. The van der Waals surface area contributed by atoms with Gasteiger partial charge in [0, 0.05) is 10.7 Å². The summed E-state index contributed by atoms with van der Waals surface area (Å²) in [4.78, 5) is 2.35. The van der Waals surface area contributed by atoms with Gasteiger partial charge in [0.2, 0.25) is 0 Å². The maximum absolute atomic E-state index is 12.3. The van der Waals surface area contributed by atoms with Gasteiger partial charge >= 0.3 is 0 Å². The predicted octanol–water partition coefficient (Wildman–Crippen LogP) is 1.66. The van der Waals surface area contributed by atoms with Crippen molar-refractivity contribution in [1.82, 2.24) is 4.98 Å². The van der Waals surface area contributed by atoms with Gasteiger partial charge in [-0.05, 0) is 6.07 Å². The Morgan fingerprint density at radius 3 is 2.50 bits per heavy atom. The average Bonchev–Trinajstić information content (AvgIpc) is 2.15. The van der Waals surface area contributed by atoms with Crippen LogP contribution in [-0.4, -0.2) is 25.6 Å². The summed E-state index contributed by atoms with van der Waals surface area (Å²) in [5.74, 6) is -1.53. The number of aromatic nitrogens is 1. The smallest absolute Gasteiger partial charge is 0.280 e. The molecule has 0 atom stereocenters. The molecule has 1 aromatic rings. The molecule has 0 spiro atoms. The zero-order valence-corrected chi connectivity index (χ0v) is 9.39. The van der Waals surface area contributed by atoms with Gasteiger partial charge in [-0.15, -0.1) is 0 Å². The van der Waals surface area contributed by atoms with E-state index in [9.17, 15) is 22.3 Å². The number of ether oxygens (including phenoxy) is 1. The minimum atomic E-state index is -4.35. The minimum absolute atomic E-state index is 0.491. The number of rotatable bonds is 3. The molecule has 0 aliphatic heterocycles. The summed E-state index contributed by atoms with van der Waals surface area (Å²) >= 11 is 0. The number of alkyl halides is 2. The SMILES string of the molecule is COc1nc(C(F)F)cc(S(=O)(=O)Cl)c1O.